The largest absolute Gasteiger partial charge is 0.378 e. The van der Waals surface area contributed by atoms with Crippen LogP contribution in [0.3, 0.4) is 0 Å². The van der Waals surface area contributed by atoms with Gasteiger partial charge in [0.25, 0.3) is 0 Å². The van der Waals surface area contributed by atoms with Crippen LogP contribution in [0.15, 0.2) is 0 Å². The van der Waals surface area contributed by atoms with Gasteiger partial charge in [0.15, 0.2) is 0 Å². The lowest BCUT2D eigenvalue weighted by Gasteiger charge is -1.95. The minimum atomic E-state index is -0.655. The second-order valence-corrected chi connectivity index (χ2v) is 2.56. The van der Waals surface area contributed by atoms with Crippen LogP contribution in [-0.4, -0.2) is 16.0 Å². The third-order valence-corrected chi connectivity index (χ3v) is 1.35. The Labute approximate surface area is 56.8 Å². The van der Waals surface area contributed by atoms with Crippen LogP contribution in [0.4, 0.5) is 0 Å². The van der Waals surface area contributed by atoms with Crippen LogP contribution in [0.1, 0.15) is 12.8 Å². The van der Waals surface area contributed by atoms with E-state index in [-0.39, 0.29) is 0 Å². The number of hydrogen-bond acceptors (Lipinski definition) is 1. The molecule has 0 fully saturated rings. The zero-order valence-electron chi connectivity index (χ0n) is 3.90. The normalized spacial score (nSPS) is 14.1. The average Bonchev–Trinajstić information content (AvgIpc) is 1.61. The number of aliphatic hydroxyl groups is 1. The molecule has 0 radical (unpaired) electrons. The summed E-state index contributed by atoms with van der Waals surface area (Å²) in [6, 6.07) is 0. The summed E-state index contributed by atoms with van der Waals surface area (Å²) < 4.78 is 0. The number of aliphatic hydroxyl groups excluding tert-OH is 1. The van der Waals surface area contributed by atoms with Crippen LogP contribution < -0.4 is 0 Å². The summed E-state index contributed by atoms with van der Waals surface area (Å²) in [6.45, 7) is 0. The Hall–Kier alpha value is 0.730. The van der Waals surface area contributed by atoms with Crippen molar-refractivity contribution in [3.8, 4) is 0 Å². The van der Waals surface area contributed by atoms with E-state index in [1.54, 1.807) is 0 Å². The predicted octanol–water partition coefficient (Wildman–Crippen LogP) is 1.72. The van der Waals surface area contributed by atoms with Crippen molar-refractivity contribution in [1.29, 1.82) is 0 Å². The van der Waals surface area contributed by atoms with Crippen LogP contribution in [0.5, 0.6) is 0 Å². The van der Waals surface area contributed by atoms with Gasteiger partial charge in [0.1, 0.15) is 5.56 Å². The lowest BCUT2D eigenvalue weighted by Crippen LogP contribution is -1.94. The van der Waals surface area contributed by atoms with Gasteiger partial charge in [0.2, 0.25) is 0 Å². The molecule has 0 saturated carbocycles. The van der Waals surface area contributed by atoms with Gasteiger partial charge < -0.3 is 5.11 Å². The first-order valence-corrected chi connectivity index (χ1v) is 3.71. The van der Waals surface area contributed by atoms with E-state index in [9.17, 15) is 0 Å². The highest BCUT2D eigenvalue weighted by Crippen LogP contribution is 2.01. The molecule has 0 saturated heterocycles. The van der Waals surface area contributed by atoms with E-state index in [1.807, 2.05) is 0 Å². The van der Waals surface area contributed by atoms with Crippen LogP contribution in [0.2, 0.25) is 0 Å². The summed E-state index contributed by atoms with van der Waals surface area (Å²) >= 11 is 8.40. The summed E-state index contributed by atoms with van der Waals surface area (Å²) in [6.07, 6.45) is 1.61. The predicted molar refractivity (Wildman–Crippen MR) is 34.9 cm³/mol. The van der Waals surface area contributed by atoms with Crippen molar-refractivity contribution >= 4 is 27.5 Å². The number of halogens is 2. The standard InChI is InChI=1S/C4H8BrClO/c5-3-1-2-4(6)7/h4,7H,1-3H2/t4-/m1/s1. The van der Waals surface area contributed by atoms with E-state index in [2.05, 4.69) is 15.9 Å². The molecule has 44 valence electrons. The maximum atomic E-state index is 8.43. The molecule has 7 heavy (non-hydrogen) atoms. The van der Waals surface area contributed by atoms with Crippen LogP contribution in [0.25, 0.3) is 0 Å². The van der Waals surface area contributed by atoms with E-state index in [0.717, 1.165) is 11.8 Å². The Kier molecular flexibility index (Phi) is 5.39. The molecular formula is C4H8BrClO. The minimum Gasteiger partial charge on any atom is -0.378 e. The highest BCUT2D eigenvalue weighted by molar-refractivity contribution is 9.09. The number of hydrogen-bond donors (Lipinski definition) is 1. The molecule has 0 aliphatic carbocycles. The van der Waals surface area contributed by atoms with Crippen molar-refractivity contribution in [3.63, 3.8) is 0 Å². The first-order chi connectivity index (χ1) is 3.27. The van der Waals surface area contributed by atoms with E-state index in [0.29, 0.717) is 6.42 Å². The molecule has 0 bridgehead atoms. The van der Waals surface area contributed by atoms with Crippen LogP contribution in [-0.2, 0) is 0 Å². The Morgan fingerprint density at radius 2 is 2.29 bits per heavy atom. The van der Waals surface area contributed by atoms with Crippen LogP contribution in [0, 0.1) is 0 Å². The van der Waals surface area contributed by atoms with Crippen LogP contribution >= 0.6 is 27.5 Å². The Morgan fingerprint density at radius 3 is 2.43 bits per heavy atom. The van der Waals surface area contributed by atoms with Gasteiger partial charge in [-0.15, -0.1) is 0 Å². The fourth-order valence-electron chi connectivity index (χ4n) is 0.246. The van der Waals surface area contributed by atoms with Crippen molar-refractivity contribution in [2.24, 2.45) is 0 Å². The van der Waals surface area contributed by atoms with Gasteiger partial charge in [-0.05, 0) is 12.8 Å². The monoisotopic (exact) mass is 186 g/mol. The molecule has 3 heteroatoms. The molecule has 0 unspecified atom stereocenters. The van der Waals surface area contributed by atoms with E-state index in [1.165, 1.54) is 0 Å². The first-order valence-electron chi connectivity index (χ1n) is 2.15. The third kappa shape index (κ3) is 6.73. The summed E-state index contributed by atoms with van der Waals surface area (Å²) in [5.74, 6) is 0. The molecule has 1 N–H and O–H groups in total. The van der Waals surface area contributed by atoms with Gasteiger partial charge in [-0.1, -0.05) is 27.5 Å². The SMILES string of the molecule is O[C@@H](Cl)CCCBr. The average molecular weight is 187 g/mol. The highest BCUT2D eigenvalue weighted by atomic mass is 79.9. The summed E-state index contributed by atoms with van der Waals surface area (Å²) in [5, 5.41) is 9.34. The maximum Gasteiger partial charge on any atom is 0.128 e. The molecule has 0 spiro atoms. The quantitative estimate of drug-likeness (QED) is 0.667. The van der Waals surface area contributed by atoms with Crippen molar-refractivity contribution in [3.05, 3.63) is 0 Å². The van der Waals surface area contributed by atoms with Crippen molar-refractivity contribution in [2.75, 3.05) is 5.33 Å². The summed E-state index contributed by atoms with van der Waals surface area (Å²) in [5.41, 5.74) is -0.655. The maximum absolute atomic E-state index is 8.43. The summed E-state index contributed by atoms with van der Waals surface area (Å²) in [7, 11) is 0. The van der Waals surface area contributed by atoms with Gasteiger partial charge in [0, 0.05) is 5.33 Å². The lowest BCUT2D eigenvalue weighted by atomic mass is 10.4. The lowest BCUT2D eigenvalue weighted by molar-refractivity contribution is 0.245. The Bertz CT molecular complexity index is 40.7. The highest BCUT2D eigenvalue weighted by Gasteiger charge is 1.93. The molecule has 0 aromatic carbocycles. The smallest absolute Gasteiger partial charge is 0.128 e. The molecule has 1 atom stereocenters. The second kappa shape index (κ2) is 4.88. The van der Waals surface area contributed by atoms with Gasteiger partial charge >= 0.3 is 0 Å². The Balaban J connectivity index is 2.68. The fourth-order valence-corrected chi connectivity index (χ4v) is 0.724. The van der Waals surface area contributed by atoms with E-state index < -0.39 is 5.56 Å². The number of alkyl halides is 2. The molecular weight excluding hydrogens is 179 g/mol. The molecule has 0 rings (SSSR count). The van der Waals surface area contributed by atoms with Gasteiger partial charge in [-0.2, -0.15) is 0 Å². The topological polar surface area (TPSA) is 20.2 Å². The molecule has 0 amide bonds. The second-order valence-electron chi connectivity index (χ2n) is 1.27. The van der Waals surface area contributed by atoms with Crippen molar-refractivity contribution < 1.29 is 5.11 Å². The summed E-state index contributed by atoms with van der Waals surface area (Å²) in [4.78, 5) is 0. The third-order valence-electron chi connectivity index (χ3n) is 0.576. The molecule has 0 aliphatic heterocycles. The zero-order valence-corrected chi connectivity index (χ0v) is 6.24. The van der Waals surface area contributed by atoms with Gasteiger partial charge in [-0.3, -0.25) is 0 Å². The van der Waals surface area contributed by atoms with Crippen molar-refractivity contribution in [1.82, 2.24) is 0 Å². The minimum absolute atomic E-state index is 0.655. The Morgan fingerprint density at radius 1 is 1.71 bits per heavy atom. The molecule has 0 aromatic rings. The molecule has 1 nitrogen and oxygen atoms in total. The molecule has 0 aromatic heterocycles. The fraction of sp³-hybridized carbons (Fsp3) is 1.00. The molecule has 0 aliphatic rings. The van der Waals surface area contributed by atoms with Crippen molar-refractivity contribution in [2.45, 2.75) is 18.4 Å². The van der Waals surface area contributed by atoms with Gasteiger partial charge in [-0.25, -0.2) is 0 Å². The zero-order chi connectivity index (χ0) is 5.70. The van der Waals surface area contributed by atoms with E-state index in [4.69, 9.17) is 16.7 Å². The number of rotatable bonds is 3. The van der Waals surface area contributed by atoms with Gasteiger partial charge in [0.05, 0.1) is 0 Å². The van der Waals surface area contributed by atoms with E-state index >= 15 is 0 Å². The molecule has 0 heterocycles. The first kappa shape index (κ1) is 7.73.